The highest BCUT2D eigenvalue weighted by atomic mass is 35.5. The van der Waals surface area contributed by atoms with Crippen LogP contribution in [0.15, 0.2) is 66.7 Å². The van der Waals surface area contributed by atoms with Gasteiger partial charge in [0.05, 0.1) is 5.02 Å². The van der Waals surface area contributed by atoms with Crippen molar-refractivity contribution in [1.29, 1.82) is 0 Å². The molecule has 1 N–H and O–H groups in total. The first kappa shape index (κ1) is 17.6. The summed E-state index contributed by atoms with van der Waals surface area (Å²) in [5.74, 6) is 0.238. The summed E-state index contributed by atoms with van der Waals surface area (Å²) < 4.78 is 19.2. The molecule has 2 nitrogen and oxygen atoms in total. The molecule has 0 fully saturated rings. The first-order valence-corrected chi connectivity index (χ1v) is 8.51. The summed E-state index contributed by atoms with van der Waals surface area (Å²) in [6, 6.07) is 19.6. The smallest absolute Gasteiger partial charge is 0.138 e. The van der Waals surface area contributed by atoms with Gasteiger partial charge in [-0.25, -0.2) is 4.39 Å². The Morgan fingerprint density at radius 2 is 1.68 bits per heavy atom. The molecule has 3 rings (SSSR count). The lowest BCUT2D eigenvalue weighted by Crippen LogP contribution is -2.01. The lowest BCUT2D eigenvalue weighted by atomic mass is 10.2. The fourth-order valence-electron chi connectivity index (χ4n) is 2.31. The van der Waals surface area contributed by atoms with E-state index < -0.39 is 0 Å². The van der Waals surface area contributed by atoms with Gasteiger partial charge in [0.2, 0.25) is 0 Å². The molecule has 5 heteroatoms. The SMILES string of the molecule is Fc1ccccc1COc1ccc(CNc2ccc(Cl)cc2)cc1Cl. The van der Waals surface area contributed by atoms with Crippen molar-refractivity contribution in [1.82, 2.24) is 0 Å². The molecule has 0 saturated heterocycles. The van der Waals surface area contributed by atoms with E-state index in [0.29, 0.717) is 27.9 Å². The molecule has 3 aromatic carbocycles. The summed E-state index contributed by atoms with van der Waals surface area (Å²) in [5.41, 5.74) is 2.48. The van der Waals surface area contributed by atoms with E-state index in [1.54, 1.807) is 24.3 Å². The zero-order valence-electron chi connectivity index (χ0n) is 13.3. The predicted molar refractivity (Wildman–Crippen MR) is 101 cm³/mol. The Morgan fingerprint density at radius 3 is 2.40 bits per heavy atom. The third-order valence-corrected chi connectivity index (χ3v) is 4.23. The second-order valence-corrected chi connectivity index (χ2v) is 6.35. The second-order valence-electron chi connectivity index (χ2n) is 5.51. The Morgan fingerprint density at radius 1 is 0.920 bits per heavy atom. The van der Waals surface area contributed by atoms with Gasteiger partial charge in [-0.05, 0) is 48.0 Å². The molecule has 3 aromatic rings. The van der Waals surface area contributed by atoms with Crippen LogP contribution in [-0.2, 0) is 13.2 Å². The minimum Gasteiger partial charge on any atom is -0.487 e. The van der Waals surface area contributed by atoms with Gasteiger partial charge < -0.3 is 10.1 Å². The maximum atomic E-state index is 13.6. The monoisotopic (exact) mass is 375 g/mol. The van der Waals surface area contributed by atoms with Gasteiger partial charge in [-0.15, -0.1) is 0 Å². The number of hydrogen-bond acceptors (Lipinski definition) is 2. The number of hydrogen-bond donors (Lipinski definition) is 1. The quantitative estimate of drug-likeness (QED) is 0.543. The van der Waals surface area contributed by atoms with E-state index in [1.165, 1.54) is 6.07 Å². The van der Waals surface area contributed by atoms with Gasteiger partial charge in [-0.2, -0.15) is 0 Å². The van der Waals surface area contributed by atoms with Gasteiger partial charge in [0.15, 0.2) is 0 Å². The van der Waals surface area contributed by atoms with Crippen molar-refractivity contribution >= 4 is 28.9 Å². The minimum atomic E-state index is -0.289. The number of anilines is 1. The molecule has 0 aromatic heterocycles. The van der Waals surface area contributed by atoms with Crippen molar-refractivity contribution in [3.63, 3.8) is 0 Å². The van der Waals surface area contributed by atoms with Gasteiger partial charge in [0, 0.05) is 22.8 Å². The molecule has 0 aliphatic carbocycles. The van der Waals surface area contributed by atoms with Crippen LogP contribution in [0.2, 0.25) is 10.0 Å². The number of halogens is 3. The van der Waals surface area contributed by atoms with Crippen molar-refractivity contribution < 1.29 is 9.13 Å². The lowest BCUT2D eigenvalue weighted by Gasteiger charge is -2.11. The van der Waals surface area contributed by atoms with Crippen LogP contribution in [0, 0.1) is 5.82 Å². The highest BCUT2D eigenvalue weighted by molar-refractivity contribution is 6.32. The summed E-state index contributed by atoms with van der Waals surface area (Å²) in [4.78, 5) is 0. The van der Waals surface area contributed by atoms with E-state index in [0.717, 1.165) is 11.3 Å². The Labute approximate surface area is 156 Å². The molecule has 0 heterocycles. The molecular weight excluding hydrogens is 360 g/mol. The van der Waals surface area contributed by atoms with Crippen molar-refractivity contribution in [3.8, 4) is 5.75 Å². The summed E-state index contributed by atoms with van der Waals surface area (Å²) >= 11 is 12.1. The van der Waals surface area contributed by atoms with Crippen LogP contribution in [0.25, 0.3) is 0 Å². The van der Waals surface area contributed by atoms with Crippen molar-refractivity contribution in [3.05, 3.63) is 93.7 Å². The maximum absolute atomic E-state index is 13.6. The fourth-order valence-corrected chi connectivity index (χ4v) is 2.70. The van der Waals surface area contributed by atoms with Crippen LogP contribution in [-0.4, -0.2) is 0 Å². The largest absolute Gasteiger partial charge is 0.487 e. The van der Waals surface area contributed by atoms with Crippen LogP contribution >= 0.6 is 23.2 Å². The standard InChI is InChI=1S/C20H16Cl2FNO/c21-16-6-8-17(9-7-16)24-12-14-5-10-20(18(22)11-14)25-13-15-3-1-2-4-19(15)23/h1-11,24H,12-13H2. The van der Waals surface area contributed by atoms with Crippen LogP contribution in [0.5, 0.6) is 5.75 Å². The van der Waals surface area contributed by atoms with E-state index in [9.17, 15) is 4.39 Å². The Bertz CT molecular complexity index is 853. The zero-order chi connectivity index (χ0) is 17.6. The maximum Gasteiger partial charge on any atom is 0.138 e. The highest BCUT2D eigenvalue weighted by Crippen LogP contribution is 2.27. The molecule has 0 unspecified atom stereocenters. The van der Waals surface area contributed by atoms with Crippen molar-refractivity contribution in [2.45, 2.75) is 13.2 Å². The van der Waals surface area contributed by atoms with Crippen LogP contribution in [0.4, 0.5) is 10.1 Å². The number of ether oxygens (including phenoxy) is 1. The summed E-state index contributed by atoms with van der Waals surface area (Å²) in [6.07, 6.45) is 0. The van der Waals surface area contributed by atoms with E-state index in [4.69, 9.17) is 27.9 Å². The third kappa shape index (κ3) is 4.88. The highest BCUT2D eigenvalue weighted by Gasteiger charge is 2.06. The van der Waals surface area contributed by atoms with E-state index in [-0.39, 0.29) is 12.4 Å². The van der Waals surface area contributed by atoms with Gasteiger partial charge in [0.1, 0.15) is 18.2 Å². The number of nitrogens with one attached hydrogen (secondary N) is 1. The van der Waals surface area contributed by atoms with Gasteiger partial charge in [0.25, 0.3) is 0 Å². The molecule has 0 saturated carbocycles. The minimum absolute atomic E-state index is 0.134. The summed E-state index contributed by atoms with van der Waals surface area (Å²) in [5, 5.41) is 4.48. The molecule has 128 valence electrons. The molecular formula is C20H16Cl2FNO. The topological polar surface area (TPSA) is 21.3 Å². The van der Waals surface area contributed by atoms with Crippen molar-refractivity contribution in [2.75, 3.05) is 5.32 Å². The predicted octanol–water partition coefficient (Wildman–Crippen LogP) is 6.32. The van der Waals surface area contributed by atoms with Crippen LogP contribution in [0.1, 0.15) is 11.1 Å². The normalized spacial score (nSPS) is 10.5. The molecule has 0 radical (unpaired) electrons. The summed E-state index contributed by atoms with van der Waals surface area (Å²) in [7, 11) is 0. The number of benzene rings is 3. The molecule has 0 bridgehead atoms. The Balaban J connectivity index is 1.60. The third-order valence-electron chi connectivity index (χ3n) is 3.68. The molecule has 0 aliphatic heterocycles. The average Bonchev–Trinajstić information content (AvgIpc) is 2.62. The molecule has 0 aliphatic rings. The number of rotatable bonds is 6. The Kier molecular flexibility index (Phi) is 5.79. The molecule has 0 atom stereocenters. The van der Waals surface area contributed by atoms with Crippen molar-refractivity contribution in [2.24, 2.45) is 0 Å². The van der Waals surface area contributed by atoms with E-state index >= 15 is 0 Å². The van der Waals surface area contributed by atoms with Gasteiger partial charge in [-0.3, -0.25) is 0 Å². The van der Waals surface area contributed by atoms with E-state index in [2.05, 4.69) is 5.32 Å². The molecule has 0 amide bonds. The summed E-state index contributed by atoms with van der Waals surface area (Å²) in [6.45, 7) is 0.754. The van der Waals surface area contributed by atoms with Gasteiger partial charge in [-0.1, -0.05) is 47.5 Å². The first-order chi connectivity index (χ1) is 12.1. The van der Waals surface area contributed by atoms with E-state index in [1.807, 2.05) is 36.4 Å². The van der Waals surface area contributed by atoms with Gasteiger partial charge >= 0.3 is 0 Å². The second kappa shape index (κ2) is 8.24. The average molecular weight is 376 g/mol. The molecule has 0 spiro atoms. The van der Waals surface area contributed by atoms with Crippen LogP contribution < -0.4 is 10.1 Å². The molecule has 25 heavy (non-hydrogen) atoms. The Hall–Kier alpha value is -2.23. The zero-order valence-corrected chi connectivity index (χ0v) is 14.8. The fraction of sp³-hybridized carbons (Fsp3) is 0.100. The van der Waals surface area contributed by atoms with Crippen LogP contribution in [0.3, 0.4) is 0 Å². The first-order valence-electron chi connectivity index (χ1n) is 7.76. The lowest BCUT2D eigenvalue weighted by molar-refractivity contribution is 0.300.